The van der Waals surface area contributed by atoms with Crippen molar-refractivity contribution >= 4 is 27.6 Å². The molecule has 5 aromatic rings. The minimum Gasteiger partial charge on any atom is -0.443 e. The fourth-order valence-corrected chi connectivity index (χ4v) is 3.07. The van der Waals surface area contributed by atoms with Gasteiger partial charge in [-0.05, 0) is 29.0 Å². The van der Waals surface area contributed by atoms with Gasteiger partial charge in [-0.1, -0.05) is 42.5 Å². The number of fused-ring (bicyclic) bond motifs is 2. The summed E-state index contributed by atoms with van der Waals surface area (Å²) in [5, 5.41) is 13.6. The van der Waals surface area contributed by atoms with Gasteiger partial charge >= 0.3 is 11.6 Å². The third-order valence-electron chi connectivity index (χ3n) is 4.47. The first kappa shape index (κ1) is 16.8. The number of para-hydroxylation sites is 1. The Morgan fingerprint density at radius 2 is 1.83 bits per heavy atom. The number of ether oxygens (including phenoxy) is 1. The molecular weight excluding hydrogens is 372 g/mol. The van der Waals surface area contributed by atoms with Gasteiger partial charge in [-0.3, -0.25) is 10.1 Å². The Kier molecular flexibility index (Phi) is 3.87. The van der Waals surface area contributed by atoms with Crippen LogP contribution in [0.5, 0.6) is 11.6 Å². The minimum atomic E-state index is -0.581. The SMILES string of the molecule is O=[N+]([O-])c1cnc(-c2ccc3ccccc3c2)nc1Oc1cccc2ocnc12. The molecule has 2 heterocycles. The van der Waals surface area contributed by atoms with Crippen molar-refractivity contribution in [2.75, 3.05) is 0 Å². The van der Waals surface area contributed by atoms with Crippen LogP contribution in [-0.4, -0.2) is 19.9 Å². The van der Waals surface area contributed by atoms with E-state index in [9.17, 15) is 10.1 Å². The highest BCUT2D eigenvalue weighted by atomic mass is 16.6. The van der Waals surface area contributed by atoms with Gasteiger partial charge in [-0.15, -0.1) is 0 Å². The van der Waals surface area contributed by atoms with E-state index < -0.39 is 4.92 Å². The van der Waals surface area contributed by atoms with Crippen LogP contribution in [0.3, 0.4) is 0 Å². The van der Waals surface area contributed by atoms with Gasteiger partial charge in [-0.2, -0.15) is 4.98 Å². The summed E-state index contributed by atoms with van der Waals surface area (Å²) in [4.78, 5) is 23.5. The molecule has 0 atom stereocenters. The van der Waals surface area contributed by atoms with Crippen molar-refractivity contribution in [3.8, 4) is 23.0 Å². The van der Waals surface area contributed by atoms with Crippen LogP contribution in [0.1, 0.15) is 0 Å². The first-order valence-electron chi connectivity index (χ1n) is 8.70. The Bertz CT molecular complexity index is 1380. The number of aromatic nitrogens is 3. The Balaban J connectivity index is 1.61. The zero-order chi connectivity index (χ0) is 19.8. The van der Waals surface area contributed by atoms with Crippen molar-refractivity contribution in [3.63, 3.8) is 0 Å². The third kappa shape index (κ3) is 3.02. The molecule has 8 nitrogen and oxygen atoms in total. The highest BCUT2D eigenvalue weighted by Gasteiger charge is 2.21. The van der Waals surface area contributed by atoms with Crippen LogP contribution in [0.2, 0.25) is 0 Å². The molecular formula is C21H12N4O4. The lowest BCUT2D eigenvalue weighted by Gasteiger charge is -2.08. The molecule has 2 aromatic heterocycles. The first-order valence-corrected chi connectivity index (χ1v) is 8.70. The smallest absolute Gasteiger partial charge is 0.349 e. The second-order valence-corrected chi connectivity index (χ2v) is 6.26. The molecule has 5 rings (SSSR count). The van der Waals surface area contributed by atoms with Crippen molar-refractivity contribution in [2.24, 2.45) is 0 Å². The van der Waals surface area contributed by atoms with E-state index in [-0.39, 0.29) is 11.6 Å². The molecule has 3 aromatic carbocycles. The highest BCUT2D eigenvalue weighted by molar-refractivity contribution is 5.86. The number of hydrogen-bond donors (Lipinski definition) is 0. The molecule has 0 fully saturated rings. The van der Waals surface area contributed by atoms with Gasteiger partial charge in [0.1, 0.15) is 6.20 Å². The average Bonchev–Trinajstić information content (AvgIpc) is 3.23. The van der Waals surface area contributed by atoms with E-state index in [0.29, 0.717) is 22.7 Å². The van der Waals surface area contributed by atoms with Crippen molar-refractivity contribution in [3.05, 3.63) is 83.4 Å². The standard InChI is InChI=1S/C21H12N4O4/c26-25(27)16-11-22-20(15-9-8-13-4-1-2-5-14(13)10-15)24-21(16)29-18-7-3-6-17-19(18)23-12-28-17/h1-12H. The zero-order valence-electron chi connectivity index (χ0n) is 14.9. The van der Waals surface area contributed by atoms with Gasteiger partial charge < -0.3 is 9.15 Å². The minimum absolute atomic E-state index is 0.163. The summed E-state index contributed by atoms with van der Waals surface area (Å²) in [7, 11) is 0. The van der Waals surface area contributed by atoms with E-state index in [4.69, 9.17) is 9.15 Å². The van der Waals surface area contributed by atoms with Gasteiger partial charge in [0, 0.05) is 5.56 Å². The fraction of sp³-hybridized carbons (Fsp3) is 0. The van der Waals surface area contributed by atoms with Crippen molar-refractivity contribution in [1.82, 2.24) is 15.0 Å². The molecule has 0 spiro atoms. The zero-order valence-corrected chi connectivity index (χ0v) is 14.9. The number of hydrogen-bond acceptors (Lipinski definition) is 7. The van der Waals surface area contributed by atoms with Crippen molar-refractivity contribution < 1.29 is 14.1 Å². The molecule has 0 saturated carbocycles. The second kappa shape index (κ2) is 6.68. The van der Waals surface area contributed by atoms with Crippen molar-refractivity contribution in [2.45, 2.75) is 0 Å². The molecule has 0 saturated heterocycles. The van der Waals surface area contributed by atoms with E-state index in [1.807, 2.05) is 42.5 Å². The van der Waals surface area contributed by atoms with Crippen LogP contribution in [0.4, 0.5) is 5.69 Å². The molecule has 29 heavy (non-hydrogen) atoms. The molecule has 8 heteroatoms. The summed E-state index contributed by atoms with van der Waals surface area (Å²) in [6.07, 6.45) is 2.43. The molecule has 0 amide bonds. The van der Waals surface area contributed by atoms with Crippen LogP contribution in [0.15, 0.2) is 77.7 Å². The van der Waals surface area contributed by atoms with Gasteiger partial charge in [-0.25, -0.2) is 9.97 Å². The lowest BCUT2D eigenvalue weighted by molar-refractivity contribution is -0.386. The quantitative estimate of drug-likeness (QED) is 0.312. The lowest BCUT2D eigenvalue weighted by atomic mass is 10.1. The Morgan fingerprint density at radius 3 is 2.69 bits per heavy atom. The second-order valence-electron chi connectivity index (χ2n) is 6.26. The summed E-state index contributed by atoms with van der Waals surface area (Å²) in [5.74, 6) is 0.467. The Labute approximate surface area is 163 Å². The largest absolute Gasteiger partial charge is 0.443 e. The maximum atomic E-state index is 11.5. The number of nitrogens with zero attached hydrogens (tertiary/aromatic N) is 4. The van der Waals surface area contributed by atoms with Crippen LogP contribution in [0.25, 0.3) is 33.3 Å². The van der Waals surface area contributed by atoms with Gasteiger partial charge in [0.05, 0.1) is 4.92 Å². The number of oxazole rings is 1. The normalized spacial score (nSPS) is 11.0. The Morgan fingerprint density at radius 1 is 0.966 bits per heavy atom. The van der Waals surface area contributed by atoms with Gasteiger partial charge in [0.15, 0.2) is 29.1 Å². The van der Waals surface area contributed by atoms with E-state index in [0.717, 1.165) is 22.5 Å². The summed E-state index contributed by atoms with van der Waals surface area (Å²) in [5.41, 5.74) is 1.35. The molecule has 0 N–H and O–H groups in total. The van der Waals surface area contributed by atoms with Crippen LogP contribution in [-0.2, 0) is 0 Å². The molecule has 0 aliphatic carbocycles. The summed E-state index contributed by atoms with van der Waals surface area (Å²) < 4.78 is 11.0. The van der Waals surface area contributed by atoms with E-state index in [1.54, 1.807) is 18.2 Å². The monoisotopic (exact) mass is 384 g/mol. The third-order valence-corrected chi connectivity index (χ3v) is 4.47. The average molecular weight is 384 g/mol. The Hall–Kier alpha value is -4.33. The summed E-state index contributed by atoms with van der Waals surface area (Å²) >= 11 is 0. The van der Waals surface area contributed by atoms with E-state index in [2.05, 4.69) is 15.0 Å². The maximum absolute atomic E-state index is 11.5. The number of benzene rings is 3. The molecule has 0 aliphatic heterocycles. The van der Waals surface area contributed by atoms with Gasteiger partial charge in [0.2, 0.25) is 0 Å². The topological polar surface area (TPSA) is 104 Å². The van der Waals surface area contributed by atoms with Crippen LogP contribution >= 0.6 is 0 Å². The maximum Gasteiger partial charge on any atom is 0.349 e. The predicted octanol–water partition coefficient (Wildman–Crippen LogP) is 5.14. The van der Waals surface area contributed by atoms with Gasteiger partial charge in [0.25, 0.3) is 0 Å². The van der Waals surface area contributed by atoms with Crippen molar-refractivity contribution in [1.29, 1.82) is 0 Å². The molecule has 0 aliphatic rings. The van der Waals surface area contributed by atoms with Crippen LogP contribution < -0.4 is 4.74 Å². The first-order chi connectivity index (χ1) is 14.2. The number of rotatable bonds is 4. The van der Waals surface area contributed by atoms with E-state index >= 15 is 0 Å². The molecule has 0 bridgehead atoms. The van der Waals surface area contributed by atoms with E-state index in [1.165, 1.54) is 6.39 Å². The summed E-state index contributed by atoms with van der Waals surface area (Å²) in [6, 6.07) is 18.7. The van der Waals surface area contributed by atoms with Crippen LogP contribution in [0, 0.1) is 10.1 Å². The predicted molar refractivity (Wildman–Crippen MR) is 106 cm³/mol. The molecule has 140 valence electrons. The molecule has 0 unspecified atom stereocenters. The number of nitro groups is 1. The lowest BCUT2D eigenvalue weighted by Crippen LogP contribution is -2.00. The fourth-order valence-electron chi connectivity index (χ4n) is 3.07. The highest BCUT2D eigenvalue weighted by Crippen LogP contribution is 2.34. The molecule has 0 radical (unpaired) electrons. The summed E-state index contributed by atoms with van der Waals surface area (Å²) in [6.45, 7) is 0.